The minimum Gasteiger partial charge on any atom is -0.455 e. The third-order valence-electron chi connectivity index (χ3n) is 4.75. The first kappa shape index (κ1) is 15.2. The molecule has 0 unspecified atom stereocenters. The van der Waals surface area contributed by atoms with Crippen LogP contribution in [0.3, 0.4) is 0 Å². The van der Waals surface area contributed by atoms with Crippen LogP contribution in [-0.2, 0) is 0 Å². The minimum absolute atomic E-state index is 0.709. The Kier molecular flexibility index (Phi) is 3.55. The summed E-state index contributed by atoms with van der Waals surface area (Å²) in [6.45, 7) is 0. The van der Waals surface area contributed by atoms with E-state index in [1.54, 1.807) is 0 Å². The van der Waals surface area contributed by atoms with Crippen molar-refractivity contribution < 1.29 is 4.42 Å². The standard InChI is InChI=1S/C24H15ClO/c25-20-15-21-23(19-14-8-7-13-18(19)20)22(16-9-3-1-4-10-16)24(26-21)17-11-5-2-6-12-17/h1-15H. The van der Waals surface area contributed by atoms with Crippen LogP contribution in [0.4, 0.5) is 0 Å². The maximum atomic E-state index is 6.53. The molecule has 4 aromatic carbocycles. The zero-order valence-corrected chi connectivity index (χ0v) is 14.7. The van der Waals surface area contributed by atoms with Crippen molar-refractivity contribution in [3.63, 3.8) is 0 Å². The summed E-state index contributed by atoms with van der Waals surface area (Å²) in [5, 5.41) is 3.97. The molecule has 0 bridgehead atoms. The molecule has 1 heterocycles. The van der Waals surface area contributed by atoms with Gasteiger partial charge in [-0.2, -0.15) is 0 Å². The highest BCUT2D eigenvalue weighted by Crippen LogP contribution is 2.45. The first-order chi connectivity index (χ1) is 12.8. The maximum absolute atomic E-state index is 6.53. The maximum Gasteiger partial charge on any atom is 0.143 e. The molecule has 0 atom stereocenters. The normalized spacial score (nSPS) is 11.3. The molecule has 0 fully saturated rings. The summed E-state index contributed by atoms with van der Waals surface area (Å²) in [6, 6.07) is 30.8. The van der Waals surface area contributed by atoms with Crippen LogP contribution in [0, 0.1) is 0 Å². The van der Waals surface area contributed by atoms with Gasteiger partial charge in [-0.3, -0.25) is 0 Å². The molecular formula is C24H15ClO. The van der Waals surface area contributed by atoms with Crippen LogP contribution >= 0.6 is 11.6 Å². The number of hydrogen-bond donors (Lipinski definition) is 0. The van der Waals surface area contributed by atoms with Crippen molar-refractivity contribution in [2.75, 3.05) is 0 Å². The van der Waals surface area contributed by atoms with Gasteiger partial charge < -0.3 is 4.42 Å². The van der Waals surface area contributed by atoms with Gasteiger partial charge in [-0.1, -0.05) is 96.5 Å². The number of rotatable bonds is 2. The van der Waals surface area contributed by atoms with E-state index in [2.05, 4.69) is 48.5 Å². The molecule has 0 aliphatic heterocycles. The molecule has 0 aliphatic rings. The monoisotopic (exact) mass is 354 g/mol. The zero-order chi connectivity index (χ0) is 17.5. The molecule has 0 saturated heterocycles. The third-order valence-corrected chi connectivity index (χ3v) is 5.06. The molecule has 0 amide bonds. The summed E-state index contributed by atoms with van der Waals surface area (Å²) in [5.41, 5.74) is 4.12. The molecule has 0 saturated carbocycles. The Labute approximate surface area is 156 Å². The van der Waals surface area contributed by atoms with Crippen molar-refractivity contribution >= 4 is 33.3 Å². The van der Waals surface area contributed by atoms with E-state index in [-0.39, 0.29) is 0 Å². The molecule has 0 spiro atoms. The lowest BCUT2D eigenvalue weighted by Gasteiger charge is -2.06. The number of fused-ring (bicyclic) bond motifs is 3. The Bertz CT molecular complexity index is 1220. The second kappa shape index (κ2) is 6.05. The van der Waals surface area contributed by atoms with Gasteiger partial charge in [-0.15, -0.1) is 0 Å². The van der Waals surface area contributed by atoms with E-state index in [0.29, 0.717) is 5.02 Å². The van der Waals surface area contributed by atoms with Crippen molar-refractivity contribution in [2.45, 2.75) is 0 Å². The van der Waals surface area contributed by atoms with Gasteiger partial charge in [0, 0.05) is 28.0 Å². The number of hydrogen-bond acceptors (Lipinski definition) is 1. The van der Waals surface area contributed by atoms with Gasteiger partial charge in [0.05, 0.1) is 5.02 Å². The minimum atomic E-state index is 0.709. The molecule has 5 rings (SSSR count). The molecule has 1 aromatic heterocycles. The van der Waals surface area contributed by atoms with E-state index in [0.717, 1.165) is 44.2 Å². The van der Waals surface area contributed by atoms with Crippen LogP contribution in [-0.4, -0.2) is 0 Å². The molecule has 5 aromatic rings. The van der Waals surface area contributed by atoms with Gasteiger partial charge in [0.1, 0.15) is 11.3 Å². The summed E-state index contributed by atoms with van der Waals surface area (Å²) >= 11 is 6.53. The van der Waals surface area contributed by atoms with E-state index in [1.165, 1.54) is 0 Å². The predicted molar refractivity (Wildman–Crippen MR) is 110 cm³/mol. The summed E-state index contributed by atoms with van der Waals surface area (Å²) in [4.78, 5) is 0. The lowest BCUT2D eigenvalue weighted by atomic mass is 9.95. The third kappa shape index (κ3) is 2.33. The smallest absolute Gasteiger partial charge is 0.143 e. The fourth-order valence-electron chi connectivity index (χ4n) is 3.59. The molecule has 0 radical (unpaired) electrons. The van der Waals surface area contributed by atoms with Crippen LogP contribution in [0.1, 0.15) is 0 Å². The van der Waals surface area contributed by atoms with Crippen molar-refractivity contribution in [1.29, 1.82) is 0 Å². The number of furan rings is 1. The van der Waals surface area contributed by atoms with Crippen molar-refractivity contribution in [3.05, 3.63) is 96.0 Å². The van der Waals surface area contributed by atoms with Gasteiger partial charge in [-0.05, 0) is 10.9 Å². The average Bonchev–Trinajstić information content (AvgIpc) is 3.09. The summed E-state index contributed by atoms with van der Waals surface area (Å²) in [5.74, 6) is 0.874. The Morgan fingerprint density at radius 1 is 0.615 bits per heavy atom. The molecule has 1 nitrogen and oxygen atoms in total. The fourth-order valence-corrected chi connectivity index (χ4v) is 3.86. The number of benzene rings is 4. The highest BCUT2D eigenvalue weighted by Gasteiger charge is 2.20. The SMILES string of the molecule is Clc1cc2oc(-c3ccccc3)c(-c3ccccc3)c2c2ccccc12. The van der Waals surface area contributed by atoms with E-state index in [9.17, 15) is 0 Å². The first-order valence-electron chi connectivity index (χ1n) is 8.57. The Hall–Kier alpha value is -3.03. The van der Waals surface area contributed by atoms with Crippen LogP contribution in [0.5, 0.6) is 0 Å². The molecule has 0 N–H and O–H groups in total. The summed E-state index contributed by atoms with van der Waals surface area (Å²) < 4.78 is 6.34. The predicted octanol–water partition coefficient (Wildman–Crippen LogP) is 7.57. The van der Waals surface area contributed by atoms with Crippen LogP contribution in [0.25, 0.3) is 44.2 Å². The first-order valence-corrected chi connectivity index (χ1v) is 8.95. The van der Waals surface area contributed by atoms with Crippen LogP contribution in [0.2, 0.25) is 5.02 Å². The quantitative estimate of drug-likeness (QED) is 0.318. The van der Waals surface area contributed by atoms with Gasteiger partial charge in [0.25, 0.3) is 0 Å². The topological polar surface area (TPSA) is 13.1 Å². The molecule has 0 aliphatic carbocycles. The van der Waals surface area contributed by atoms with Gasteiger partial charge in [-0.25, -0.2) is 0 Å². The Morgan fingerprint density at radius 2 is 1.19 bits per heavy atom. The van der Waals surface area contributed by atoms with Gasteiger partial charge in [0.15, 0.2) is 0 Å². The van der Waals surface area contributed by atoms with Gasteiger partial charge >= 0.3 is 0 Å². The van der Waals surface area contributed by atoms with Crippen molar-refractivity contribution in [1.82, 2.24) is 0 Å². The average molecular weight is 355 g/mol. The van der Waals surface area contributed by atoms with Gasteiger partial charge in [0.2, 0.25) is 0 Å². The van der Waals surface area contributed by atoms with E-state index in [1.807, 2.05) is 42.5 Å². The fraction of sp³-hybridized carbons (Fsp3) is 0. The van der Waals surface area contributed by atoms with E-state index in [4.69, 9.17) is 16.0 Å². The summed E-state index contributed by atoms with van der Waals surface area (Å²) in [7, 11) is 0. The van der Waals surface area contributed by atoms with E-state index < -0.39 is 0 Å². The Morgan fingerprint density at radius 3 is 1.88 bits per heavy atom. The lowest BCUT2D eigenvalue weighted by Crippen LogP contribution is -1.82. The molecule has 2 heteroatoms. The second-order valence-electron chi connectivity index (χ2n) is 6.32. The highest BCUT2D eigenvalue weighted by atomic mass is 35.5. The summed E-state index contributed by atoms with van der Waals surface area (Å²) in [6.07, 6.45) is 0. The zero-order valence-electron chi connectivity index (χ0n) is 13.9. The second-order valence-corrected chi connectivity index (χ2v) is 6.72. The van der Waals surface area contributed by atoms with Crippen LogP contribution in [0.15, 0.2) is 95.4 Å². The lowest BCUT2D eigenvalue weighted by molar-refractivity contribution is 0.632. The number of halogens is 1. The largest absolute Gasteiger partial charge is 0.455 e. The molecule has 124 valence electrons. The van der Waals surface area contributed by atoms with E-state index >= 15 is 0 Å². The van der Waals surface area contributed by atoms with Crippen molar-refractivity contribution in [2.24, 2.45) is 0 Å². The van der Waals surface area contributed by atoms with Crippen molar-refractivity contribution in [3.8, 4) is 22.5 Å². The molecular weight excluding hydrogens is 340 g/mol. The highest BCUT2D eigenvalue weighted by molar-refractivity contribution is 6.38. The van der Waals surface area contributed by atoms with Crippen LogP contribution < -0.4 is 0 Å². The molecule has 26 heavy (non-hydrogen) atoms. The Balaban J connectivity index is 1.98.